The molecule has 3 aromatic carbocycles. The molecule has 0 spiro atoms. The molecule has 0 aliphatic rings. The molecule has 0 bridgehead atoms. The minimum atomic E-state index is -1.33. The van der Waals surface area contributed by atoms with Gasteiger partial charge in [-0.15, -0.1) is 0 Å². The molecule has 3 rings (SSSR count). The Labute approximate surface area is 177 Å². The fourth-order valence-corrected chi connectivity index (χ4v) is 2.96. The zero-order chi connectivity index (χ0) is 22.5. The molecule has 2 amide bonds. The van der Waals surface area contributed by atoms with Gasteiger partial charge in [-0.3, -0.25) is 9.59 Å². The van der Waals surface area contributed by atoms with Crippen molar-refractivity contribution in [3.63, 3.8) is 0 Å². The molecular formula is C23H18N2O6. The maximum Gasteiger partial charge on any atom is 0.336 e. The summed E-state index contributed by atoms with van der Waals surface area (Å²) in [6.45, 7) is 1.37. The summed E-state index contributed by atoms with van der Waals surface area (Å²) in [5.74, 6) is -3.67. The Morgan fingerprint density at radius 2 is 1.13 bits per heavy atom. The Morgan fingerprint density at radius 3 is 1.61 bits per heavy atom. The maximum absolute atomic E-state index is 12.6. The monoisotopic (exact) mass is 418 g/mol. The van der Waals surface area contributed by atoms with Crippen LogP contribution < -0.4 is 10.6 Å². The highest BCUT2D eigenvalue weighted by atomic mass is 16.4. The average Bonchev–Trinajstić information content (AvgIpc) is 2.74. The van der Waals surface area contributed by atoms with Crippen LogP contribution in [-0.2, 0) is 0 Å². The summed E-state index contributed by atoms with van der Waals surface area (Å²) in [5, 5.41) is 23.9. The predicted molar refractivity (Wildman–Crippen MR) is 114 cm³/mol. The Morgan fingerprint density at radius 1 is 0.645 bits per heavy atom. The average molecular weight is 418 g/mol. The van der Waals surface area contributed by atoms with Crippen LogP contribution in [0, 0.1) is 6.92 Å². The van der Waals surface area contributed by atoms with Crippen LogP contribution in [0.2, 0.25) is 0 Å². The predicted octanol–water partition coefficient (Wildman–Crippen LogP) is 3.90. The van der Waals surface area contributed by atoms with Crippen LogP contribution in [0.5, 0.6) is 0 Å². The molecule has 0 fully saturated rings. The van der Waals surface area contributed by atoms with Crippen molar-refractivity contribution in [3.05, 3.63) is 94.5 Å². The number of carbonyl (C=O) groups excluding carboxylic acids is 2. The van der Waals surface area contributed by atoms with E-state index in [0.717, 1.165) is 12.1 Å². The highest BCUT2D eigenvalue weighted by Crippen LogP contribution is 2.21. The second kappa shape index (κ2) is 8.91. The van der Waals surface area contributed by atoms with Crippen LogP contribution >= 0.6 is 0 Å². The first-order valence-corrected chi connectivity index (χ1v) is 9.15. The second-order valence-electron chi connectivity index (χ2n) is 6.66. The fraction of sp³-hybridized carbons (Fsp3) is 0.0435. The van der Waals surface area contributed by atoms with E-state index in [-0.39, 0.29) is 28.2 Å². The van der Waals surface area contributed by atoms with E-state index < -0.39 is 17.8 Å². The number of carboxylic acid groups (broad SMARTS) is 2. The van der Waals surface area contributed by atoms with Gasteiger partial charge in [0.2, 0.25) is 0 Å². The lowest BCUT2D eigenvalue weighted by atomic mass is 9.98. The van der Waals surface area contributed by atoms with Gasteiger partial charge in [0.15, 0.2) is 0 Å². The Bertz CT molecular complexity index is 1150. The molecule has 0 aromatic heterocycles. The molecule has 31 heavy (non-hydrogen) atoms. The van der Waals surface area contributed by atoms with Crippen LogP contribution in [0.15, 0.2) is 66.7 Å². The Hall–Kier alpha value is -4.46. The van der Waals surface area contributed by atoms with Gasteiger partial charge in [-0.1, -0.05) is 24.3 Å². The normalized spacial score (nSPS) is 10.2. The zero-order valence-corrected chi connectivity index (χ0v) is 16.4. The van der Waals surface area contributed by atoms with Crippen molar-refractivity contribution in [2.75, 3.05) is 10.6 Å². The largest absolute Gasteiger partial charge is 0.478 e. The van der Waals surface area contributed by atoms with Gasteiger partial charge in [0, 0.05) is 22.5 Å². The number of nitrogens with one attached hydrogen (secondary N) is 2. The first kappa shape index (κ1) is 21.3. The van der Waals surface area contributed by atoms with Gasteiger partial charge in [0.05, 0.1) is 11.1 Å². The lowest BCUT2D eigenvalue weighted by molar-refractivity contribution is 0.0695. The highest BCUT2D eigenvalue weighted by molar-refractivity contribution is 6.09. The zero-order valence-electron chi connectivity index (χ0n) is 16.4. The smallest absolute Gasteiger partial charge is 0.336 e. The van der Waals surface area contributed by atoms with Crippen molar-refractivity contribution < 1.29 is 29.4 Å². The number of aromatic carboxylic acids is 2. The van der Waals surface area contributed by atoms with Crippen molar-refractivity contribution in [1.29, 1.82) is 0 Å². The number of carboxylic acids is 2. The van der Waals surface area contributed by atoms with E-state index in [2.05, 4.69) is 10.6 Å². The second-order valence-corrected chi connectivity index (χ2v) is 6.66. The number of anilines is 2. The third kappa shape index (κ3) is 4.94. The standard InChI is InChI=1S/C23H18N2O6/c1-13-18(22(28)29)10-15(11-19(13)23(30)31)21(27)25-17-9-5-8-16(12-17)24-20(26)14-6-3-2-4-7-14/h2-12H,1H3,(H,24,26)(H,25,27)(H,28,29)(H,30,31). The fourth-order valence-electron chi connectivity index (χ4n) is 2.96. The van der Waals surface area contributed by atoms with E-state index in [1.807, 2.05) is 0 Å². The molecule has 156 valence electrons. The lowest BCUT2D eigenvalue weighted by Gasteiger charge is -2.11. The molecule has 3 aromatic rings. The SMILES string of the molecule is Cc1c(C(=O)O)cc(C(=O)Nc2cccc(NC(=O)c3ccccc3)c2)cc1C(=O)O. The van der Waals surface area contributed by atoms with Crippen molar-refractivity contribution in [2.24, 2.45) is 0 Å². The van der Waals surface area contributed by atoms with E-state index in [1.165, 1.54) is 13.0 Å². The molecule has 4 N–H and O–H groups in total. The van der Waals surface area contributed by atoms with Crippen LogP contribution in [0.3, 0.4) is 0 Å². The van der Waals surface area contributed by atoms with E-state index >= 15 is 0 Å². The minimum Gasteiger partial charge on any atom is -0.478 e. The molecule has 0 aliphatic carbocycles. The van der Waals surface area contributed by atoms with Gasteiger partial charge in [0.25, 0.3) is 11.8 Å². The first-order chi connectivity index (χ1) is 14.8. The summed E-state index contributed by atoms with van der Waals surface area (Å²) in [6.07, 6.45) is 0. The number of hydrogen-bond acceptors (Lipinski definition) is 4. The third-order valence-electron chi connectivity index (χ3n) is 4.54. The lowest BCUT2D eigenvalue weighted by Crippen LogP contribution is -2.16. The molecule has 0 heterocycles. The summed E-state index contributed by atoms with van der Waals surface area (Å²) in [4.78, 5) is 47.8. The summed E-state index contributed by atoms with van der Waals surface area (Å²) in [5.41, 5.74) is 0.654. The first-order valence-electron chi connectivity index (χ1n) is 9.15. The van der Waals surface area contributed by atoms with Crippen molar-refractivity contribution >= 4 is 35.1 Å². The molecule has 0 saturated carbocycles. The molecule has 0 radical (unpaired) electrons. The topological polar surface area (TPSA) is 133 Å². The quantitative estimate of drug-likeness (QED) is 0.480. The molecule has 8 heteroatoms. The van der Waals surface area contributed by atoms with E-state index in [0.29, 0.717) is 16.9 Å². The van der Waals surface area contributed by atoms with E-state index in [1.54, 1.807) is 48.5 Å². The molecular weight excluding hydrogens is 400 g/mol. The van der Waals surface area contributed by atoms with Gasteiger partial charge in [-0.2, -0.15) is 0 Å². The number of hydrogen-bond donors (Lipinski definition) is 4. The number of rotatable bonds is 6. The van der Waals surface area contributed by atoms with Gasteiger partial charge in [0.1, 0.15) is 0 Å². The summed E-state index contributed by atoms with van der Waals surface area (Å²) in [6, 6.07) is 17.2. The summed E-state index contributed by atoms with van der Waals surface area (Å²) in [7, 11) is 0. The summed E-state index contributed by atoms with van der Waals surface area (Å²) >= 11 is 0. The van der Waals surface area contributed by atoms with Gasteiger partial charge < -0.3 is 20.8 Å². The van der Waals surface area contributed by atoms with E-state index in [9.17, 15) is 29.4 Å². The number of benzene rings is 3. The van der Waals surface area contributed by atoms with Gasteiger partial charge in [-0.25, -0.2) is 9.59 Å². The Balaban J connectivity index is 1.83. The molecule has 8 nitrogen and oxygen atoms in total. The van der Waals surface area contributed by atoms with Crippen LogP contribution in [-0.4, -0.2) is 34.0 Å². The van der Waals surface area contributed by atoms with Crippen molar-refractivity contribution in [2.45, 2.75) is 6.92 Å². The van der Waals surface area contributed by atoms with Gasteiger partial charge >= 0.3 is 11.9 Å². The third-order valence-corrected chi connectivity index (χ3v) is 4.54. The summed E-state index contributed by atoms with van der Waals surface area (Å²) < 4.78 is 0. The highest BCUT2D eigenvalue weighted by Gasteiger charge is 2.20. The Kier molecular flexibility index (Phi) is 6.11. The molecule has 0 atom stereocenters. The minimum absolute atomic E-state index is 0.0576. The van der Waals surface area contributed by atoms with Crippen LogP contribution in [0.4, 0.5) is 11.4 Å². The molecule has 0 unspecified atom stereocenters. The number of amides is 2. The van der Waals surface area contributed by atoms with Crippen LogP contribution in [0.25, 0.3) is 0 Å². The molecule has 0 aliphatic heterocycles. The molecule has 0 saturated heterocycles. The van der Waals surface area contributed by atoms with Crippen LogP contribution in [0.1, 0.15) is 47.0 Å². The number of carbonyl (C=O) groups is 4. The van der Waals surface area contributed by atoms with Gasteiger partial charge in [-0.05, 0) is 55.0 Å². The van der Waals surface area contributed by atoms with Crippen molar-refractivity contribution in [1.82, 2.24) is 0 Å². The van der Waals surface area contributed by atoms with E-state index in [4.69, 9.17) is 0 Å². The van der Waals surface area contributed by atoms with Crippen molar-refractivity contribution in [3.8, 4) is 0 Å². The maximum atomic E-state index is 12.6.